The number of methoxy groups -OCH3 is 1. The molecule has 1 aromatic carbocycles. The zero-order valence-corrected chi connectivity index (χ0v) is 10.2. The summed E-state index contributed by atoms with van der Waals surface area (Å²) in [5, 5.41) is 20.7. The van der Waals surface area contributed by atoms with Gasteiger partial charge in [-0.2, -0.15) is 0 Å². The third-order valence-electron chi connectivity index (χ3n) is 1.91. The lowest BCUT2D eigenvalue weighted by Crippen LogP contribution is -2.21. The molecule has 0 saturated heterocycles. The third-order valence-corrected chi connectivity index (χ3v) is 2.52. The van der Waals surface area contributed by atoms with Gasteiger partial charge in [0.05, 0.1) is 18.1 Å². The van der Waals surface area contributed by atoms with Crippen LogP contribution in [0.1, 0.15) is 5.56 Å². The molecule has 0 spiro atoms. The molecule has 0 atom stereocenters. The number of carboxylic acids is 1. The number of carboxylic acid groups (broad SMARTS) is 1. The Hall–Kier alpha value is -1.27. The largest absolute Gasteiger partial charge is 0.503 e. The molecule has 0 heterocycles. The van der Waals surface area contributed by atoms with E-state index in [2.05, 4.69) is 21.2 Å². The number of phenols is 1. The Bertz CT molecular complexity index is 395. The molecule has 0 aliphatic carbocycles. The molecule has 1 rings (SSSR count). The average Bonchev–Trinajstić information content (AvgIpc) is 2.22. The first-order chi connectivity index (χ1) is 7.54. The molecule has 1 aromatic rings. The second-order valence-electron chi connectivity index (χ2n) is 3.13. The van der Waals surface area contributed by atoms with Crippen LogP contribution in [0.3, 0.4) is 0 Å². The lowest BCUT2D eigenvalue weighted by molar-refractivity contribution is -0.135. The lowest BCUT2D eigenvalue weighted by atomic mass is 10.2. The summed E-state index contributed by atoms with van der Waals surface area (Å²) in [6.45, 7) is 0.280. The van der Waals surface area contributed by atoms with Crippen molar-refractivity contribution in [1.29, 1.82) is 0 Å². The van der Waals surface area contributed by atoms with Crippen molar-refractivity contribution in [1.82, 2.24) is 5.32 Å². The number of phenolic OH excluding ortho intramolecular Hbond substituents is 1. The first-order valence-corrected chi connectivity index (χ1v) is 5.31. The molecule has 0 radical (unpaired) electrons. The van der Waals surface area contributed by atoms with Crippen LogP contribution in [0.5, 0.6) is 11.5 Å². The smallest absolute Gasteiger partial charge is 0.317 e. The Labute approximate surface area is 101 Å². The standard InChI is InChI=1S/C10H12BrNO4/c1-16-8-3-6(2-7(11)10(8)15)4-12-5-9(13)14/h2-3,12,15H,4-5H2,1H3,(H,13,14). The summed E-state index contributed by atoms with van der Waals surface area (Å²) in [6.07, 6.45) is 0. The van der Waals surface area contributed by atoms with Crippen LogP contribution in [0.2, 0.25) is 0 Å². The summed E-state index contributed by atoms with van der Waals surface area (Å²) < 4.78 is 5.48. The Morgan fingerprint density at radius 1 is 1.56 bits per heavy atom. The van der Waals surface area contributed by atoms with Gasteiger partial charge in [0.15, 0.2) is 11.5 Å². The van der Waals surface area contributed by atoms with Crippen LogP contribution in [0.4, 0.5) is 0 Å². The van der Waals surface area contributed by atoms with Crippen LogP contribution >= 0.6 is 15.9 Å². The number of benzene rings is 1. The van der Waals surface area contributed by atoms with Crippen molar-refractivity contribution in [3.63, 3.8) is 0 Å². The number of hydrogen-bond acceptors (Lipinski definition) is 4. The van der Waals surface area contributed by atoms with E-state index in [-0.39, 0.29) is 12.3 Å². The number of carbonyl (C=O) groups is 1. The summed E-state index contributed by atoms with van der Waals surface area (Å²) in [5.74, 6) is -0.532. The van der Waals surface area contributed by atoms with Gasteiger partial charge in [-0.15, -0.1) is 0 Å². The van der Waals surface area contributed by atoms with Crippen molar-refractivity contribution in [3.8, 4) is 11.5 Å². The van der Waals surface area contributed by atoms with Crippen molar-refractivity contribution >= 4 is 21.9 Å². The highest BCUT2D eigenvalue weighted by molar-refractivity contribution is 9.10. The Morgan fingerprint density at radius 3 is 2.81 bits per heavy atom. The van der Waals surface area contributed by atoms with E-state index in [4.69, 9.17) is 9.84 Å². The van der Waals surface area contributed by atoms with E-state index < -0.39 is 5.97 Å². The molecule has 16 heavy (non-hydrogen) atoms. The number of nitrogens with one attached hydrogen (secondary N) is 1. The van der Waals surface area contributed by atoms with Gasteiger partial charge in [-0.05, 0) is 33.6 Å². The molecule has 6 heteroatoms. The quantitative estimate of drug-likeness (QED) is 0.762. The van der Waals surface area contributed by atoms with Crippen LogP contribution in [0.15, 0.2) is 16.6 Å². The highest BCUT2D eigenvalue weighted by atomic mass is 79.9. The number of ether oxygens (including phenoxy) is 1. The Morgan fingerprint density at radius 2 is 2.25 bits per heavy atom. The SMILES string of the molecule is COc1cc(CNCC(=O)O)cc(Br)c1O. The van der Waals surface area contributed by atoms with Gasteiger partial charge < -0.3 is 20.3 Å². The fraction of sp³-hybridized carbons (Fsp3) is 0.300. The van der Waals surface area contributed by atoms with Crippen LogP contribution in [-0.4, -0.2) is 29.8 Å². The average molecular weight is 290 g/mol. The summed E-state index contributed by atoms with van der Waals surface area (Å²) in [7, 11) is 1.45. The fourth-order valence-electron chi connectivity index (χ4n) is 1.20. The molecular weight excluding hydrogens is 278 g/mol. The molecule has 88 valence electrons. The van der Waals surface area contributed by atoms with Crippen molar-refractivity contribution in [3.05, 3.63) is 22.2 Å². The highest BCUT2D eigenvalue weighted by Crippen LogP contribution is 2.35. The topological polar surface area (TPSA) is 78.8 Å². The Balaban J connectivity index is 2.74. The van der Waals surface area contributed by atoms with E-state index in [9.17, 15) is 9.90 Å². The first-order valence-electron chi connectivity index (χ1n) is 4.52. The van der Waals surface area contributed by atoms with Crippen LogP contribution in [0.25, 0.3) is 0 Å². The van der Waals surface area contributed by atoms with Gasteiger partial charge in [0.2, 0.25) is 0 Å². The fourth-order valence-corrected chi connectivity index (χ4v) is 1.69. The van der Waals surface area contributed by atoms with Crippen molar-refractivity contribution in [2.45, 2.75) is 6.54 Å². The van der Waals surface area contributed by atoms with Gasteiger partial charge in [0.1, 0.15) is 0 Å². The van der Waals surface area contributed by atoms with Gasteiger partial charge in [-0.25, -0.2) is 0 Å². The highest BCUT2D eigenvalue weighted by Gasteiger charge is 2.08. The van der Waals surface area contributed by atoms with Crippen LogP contribution in [0, 0.1) is 0 Å². The number of halogens is 1. The second kappa shape index (κ2) is 5.72. The predicted molar refractivity (Wildman–Crippen MR) is 61.7 cm³/mol. The minimum absolute atomic E-state index is 0.0319. The maximum Gasteiger partial charge on any atom is 0.317 e. The second-order valence-corrected chi connectivity index (χ2v) is 3.98. The van der Waals surface area contributed by atoms with E-state index in [1.54, 1.807) is 12.1 Å². The maximum absolute atomic E-state index is 10.3. The minimum atomic E-state index is -0.912. The summed E-state index contributed by atoms with van der Waals surface area (Å²) >= 11 is 3.18. The Kier molecular flexibility index (Phi) is 4.57. The molecule has 0 saturated carbocycles. The number of aromatic hydroxyl groups is 1. The normalized spacial score (nSPS) is 10.1. The molecular formula is C10H12BrNO4. The summed E-state index contributed by atoms with van der Waals surface area (Å²) in [4.78, 5) is 10.3. The molecule has 0 amide bonds. The molecule has 0 fully saturated rings. The van der Waals surface area contributed by atoms with Gasteiger partial charge >= 0.3 is 5.97 Å². The molecule has 0 unspecified atom stereocenters. The third kappa shape index (κ3) is 3.39. The van der Waals surface area contributed by atoms with Gasteiger partial charge in [-0.3, -0.25) is 4.79 Å². The number of hydrogen-bond donors (Lipinski definition) is 3. The summed E-state index contributed by atoms with van der Waals surface area (Å²) in [6, 6.07) is 3.35. The van der Waals surface area contributed by atoms with E-state index in [0.29, 0.717) is 16.8 Å². The summed E-state index contributed by atoms with van der Waals surface area (Å²) in [5.41, 5.74) is 0.822. The minimum Gasteiger partial charge on any atom is -0.503 e. The maximum atomic E-state index is 10.3. The van der Waals surface area contributed by atoms with Crippen molar-refractivity contribution in [2.24, 2.45) is 0 Å². The first kappa shape index (κ1) is 12.8. The number of aliphatic carboxylic acids is 1. The van der Waals surface area contributed by atoms with Crippen LogP contribution in [-0.2, 0) is 11.3 Å². The molecule has 0 aliphatic heterocycles. The predicted octanol–water partition coefficient (Wildman–Crippen LogP) is 1.34. The van der Waals surface area contributed by atoms with Crippen molar-refractivity contribution in [2.75, 3.05) is 13.7 Å². The van der Waals surface area contributed by atoms with E-state index >= 15 is 0 Å². The van der Waals surface area contributed by atoms with Crippen molar-refractivity contribution < 1.29 is 19.7 Å². The lowest BCUT2D eigenvalue weighted by Gasteiger charge is -2.09. The molecule has 5 nitrogen and oxygen atoms in total. The molecule has 3 N–H and O–H groups in total. The zero-order valence-electron chi connectivity index (χ0n) is 8.66. The van der Waals surface area contributed by atoms with E-state index in [1.807, 2.05) is 0 Å². The van der Waals surface area contributed by atoms with E-state index in [0.717, 1.165) is 5.56 Å². The van der Waals surface area contributed by atoms with Crippen LogP contribution < -0.4 is 10.1 Å². The van der Waals surface area contributed by atoms with Gasteiger partial charge in [0, 0.05) is 6.54 Å². The zero-order chi connectivity index (χ0) is 12.1. The van der Waals surface area contributed by atoms with Gasteiger partial charge in [0.25, 0.3) is 0 Å². The molecule has 0 bridgehead atoms. The molecule has 0 aliphatic rings. The van der Waals surface area contributed by atoms with E-state index in [1.165, 1.54) is 7.11 Å². The number of rotatable bonds is 5. The molecule has 0 aromatic heterocycles. The van der Waals surface area contributed by atoms with Gasteiger partial charge in [-0.1, -0.05) is 0 Å². The monoisotopic (exact) mass is 289 g/mol.